The van der Waals surface area contributed by atoms with Crippen LogP contribution >= 0.6 is 0 Å². The van der Waals surface area contributed by atoms with Crippen LogP contribution in [0.3, 0.4) is 0 Å². The van der Waals surface area contributed by atoms with Crippen molar-refractivity contribution in [1.29, 1.82) is 0 Å². The van der Waals surface area contributed by atoms with Crippen LogP contribution in [0.5, 0.6) is 5.75 Å². The van der Waals surface area contributed by atoms with Crippen LogP contribution in [-0.2, 0) is 15.0 Å². The highest BCUT2D eigenvalue weighted by atomic mass is 32.3. The van der Waals surface area contributed by atoms with Crippen molar-refractivity contribution < 1.29 is 21.8 Å². The Morgan fingerprint density at radius 3 is 2.50 bits per heavy atom. The Kier molecular flexibility index (Phi) is 3.48. The molecule has 7 heteroatoms. The molecule has 1 amide bonds. The topological polar surface area (TPSA) is 72.5 Å². The highest BCUT2D eigenvalue weighted by molar-refractivity contribution is 7.86. The van der Waals surface area contributed by atoms with Gasteiger partial charge in [0, 0.05) is 6.92 Å². The standard InChI is InChI=1S/C9H10FNO4S/c1-6(12)11-8-5-7(16(10,13)14)3-4-9(8)15-2/h3-5H,1-2H3,(H,11,12). The fraction of sp³-hybridized carbons (Fsp3) is 0.222. The van der Waals surface area contributed by atoms with Gasteiger partial charge in [0.1, 0.15) is 10.6 Å². The minimum Gasteiger partial charge on any atom is -0.495 e. The zero-order chi connectivity index (χ0) is 12.3. The highest BCUT2D eigenvalue weighted by Crippen LogP contribution is 2.28. The van der Waals surface area contributed by atoms with Gasteiger partial charge < -0.3 is 10.1 Å². The van der Waals surface area contributed by atoms with Gasteiger partial charge in [0.15, 0.2) is 0 Å². The molecule has 0 spiro atoms. The lowest BCUT2D eigenvalue weighted by Crippen LogP contribution is -2.08. The van der Waals surface area contributed by atoms with Crippen LogP contribution < -0.4 is 10.1 Å². The number of anilines is 1. The van der Waals surface area contributed by atoms with E-state index in [4.69, 9.17) is 4.74 Å². The van der Waals surface area contributed by atoms with E-state index in [0.29, 0.717) is 0 Å². The second kappa shape index (κ2) is 4.48. The third-order valence-corrected chi connectivity index (χ3v) is 2.58. The lowest BCUT2D eigenvalue weighted by atomic mass is 10.3. The van der Waals surface area contributed by atoms with Crippen molar-refractivity contribution in [3.8, 4) is 5.75 Å². The molecule has 16 heavy (non-hydrogen) atoms. The van der Waals surface area contributed by atoms with Gasteiger partial charge in [-0.2, -0.15) is 8.42 Å². The molecule has 0 bridgehead atoms. The number of methoxy groups -OCH3 is 1. The molecule has 0 aliphatic heterocycles. The molecular weight excluding hydrogens is 237 g/mol. The maximum atomic E-state index is 12.7. The lowest BCUT2D eigenvalue weighted by molar-refractivity contribution is -0.114. The molecule has 0 radical (unpaired) electrons. The first kappa shape index (κ1) is 12.4. The van der Waals surface area contributed by atoms with Gasteiger partial charge in [-0.3, -0.25) is 4.79 Å². The van der Waals surface area contributed by atoms with E-state index in [9.17, 15) is 17.1 Å². The first-order chi connectivity index (χ1) is 7.34. The van der Waals surface area contributed by atoms with Crippen molar-refractivity contribution >= 4 is 21.8 Å². The number of halogens is 1. The molecule has 1 aromatic carbocycles. The summed E-state index contributed by atoms with van der Waals surface area (Å²) in [5.41, 5.74) is 0.105. The van der Waals surface area contributed by atoms with Crippen LogP contribution in [0.4, 0.5) is 9.57 Å². The zero-order valence-electron chi connectivity index (χ0n) is 8.65. The summed E-state index contributed by atoms with van der Waals surface area (Å²) < 4.78 is 38.9. The maximum absolute atomic E-state index is 12.7. The average Bonchev–Trinajstić information content (AvgIpc) is 2.15. The fourth-order valence-electron chi connectivity index (χ4n) is 1.13. The molecule has 0 fully saturated rings. The Morgan fingerprint density at radius 1 is 1.44 bits per heavy atom. The number of rotatable bonds is 3. The van der Waals surface area contributed by atoms with E-state index in [2.05, 4.69) is 5.32 Å². The van der Waals surface area contributed by atoms with Crippen molar-refractivity contribution in [2.45, 2.75) is 11.8 Å². The molecule has 0 aromatic heterocycles. The van der Waals surface area contributed by atoms with Crippen molar-refractivity contribution in [2.75, 3.05) is 12.4 Å². The number of nitrogens with one attached hydrogen (secondary N) is 1. The molecule has 0 atom stereocenters. The highest BCUT2D eigenvalue weighted by Gasteiger charge is 2.15. The monoisotopic (exact) mass is 247 g/mol. The van der Waals surface area contributed by atoms with Crippen LogP contribution in [0.2, 0.25) is 0 Å². The van der Waals surface area contributed by atoms with Gasteiger partial charge in [-0.05, 0) is 18.2 Å². The van der Waals surface area contributed by atoms with Crippen molar-refractivity contribution in [3.05, 3.63) is 18.2 Å². The summed E-state index contributed by atoms with van der Waals surface area (Å²) in [6, 6.07) is 3.31. The number of carbonyl (C=O) groups excluding carboxylic acids is 1. The Balaban J connectivity index is 3.27. The summed E-state index contributed by atoms with van der Waals surface area (Å²) in [5.74, 6) is -0.158. The third-order valence-electron chi connectivity index (χ3n) is 1.76. The molecule has 1 aromatic rings. The van der Waals surface area contributed by atoms with Gasteiger partial charge in [-0.25, -0.2) is 0 Å². The predicted molar refractivity (Wildman–Crippen MR) is 55.6 cm³/mol. The van der Waals surface area contributed by atoms with E-state index in [0.717, 1.165) is 12.1 Å². The lowest BCUT2D eigenvalue weighted by Gasteiger charge is -2.09. The molecule has 0 unspecified atom stereocenters. The van der Waals surface area contributed by atoms with Crippen LogP contribution in [0.1, 0.15) is 6.92 Å². The number of benzene rings is 1. The largest absolute Gasteiger partial charge is 0.495 e. The summed E-state index contributed by atoms with van der Waals surface area (Å²) in [4.78, 5) is 10.3. The van der Waals surface area contributed by atoms with E-state index in [1.165, 1.54) is 20.1 Å². The Labute approximate surface area is 92.4 Å². The van der Waals surface area contributed by atoms with E-state index >= 15 is 0 Å². The Morgan fingerprint density at radius 2 is 2.06 bits per heavy atom. The Bertz CT molecular complexity index is 512. The van der Waals surface area contributed by atoms with Gasteiger partial charge in [0.05, 0.1) is 12.8 Å². The molecule has 0 aliphatic carbocycles. The van der Waals surface area contributed by atoms with Crippen molar-refractivity contribution in [1.82, 2.24) is 0 Å². The van der Waals surface area contributed by atoms with Crippen molar-refractivity contribution in [3.63, 3.8) is 0 Å². The van der Waals surface area contributed by atoms with E-state index in [1.54, 1.807) is 0 Å². The number of amides is 1. The summed E-state index contributed by atoms with van der Waals surface area (Å²) in [6.45, 7) is 1.25. The fourth-order valence-corrected chi connectivity index (χ4v) is 1.62. The molecule has 88 valence electrons. The minimum atomic E-state index is -4.79. The first-order valence-corrected chi connectivity index (χ1v) is 5.63. The van der Waals surface area contributed by atoms with Crippen LogP contribution in [0, 0.1) is 0 Å². The summed E-state index contributed by atoms with van der Waals surface area (Å²) in [7, 11) is -3.44. The van der Waals surface area contributed by atoms with Gasteiger partial charge in [-0.1, -0.05) is 0 Å². The smallest absolute Gasteiger partial charge is 0.332 e. The second-order valence-electron chi connectivity index (χ2n) is 2.98. The second-order valence-corrected chi connectivity index (χ2v) is 4.33. The van der Waals surface area contributed by atoms with E-state index in [1.807, 2.05) is 0 Å². The number of carbonyl (C=O) groups is 1. The van der Waals surface area contributed by atoms with E-state index in [-0.39, 0.29) is 11.4 Å². The molecule has 0 heterocycles. The normalized spacial score (nSPS) is 10.9. The molecule has 1 rings (SSSR count). The average molecular weight is 247 g/mol. The molecule has 1 N–H and O–H groups in total. The Hall–Kier alpha value is -1.63. The van der Waals surface area contributed by atoms with Gasteiger partial charge in [-0.15, -0.1) is 3.89 Å². The first-order valence-electron chi connectivity index (χ1n) is 4.25. The molecule has 0 saturated heterocycles. The quantitative estimate of drug-likeness (QED) is 0.817. The van der Waals surface area contributed by atoms with Crippen LogP contribution in [-0.4, -0.2) is 21.4 Å². The zero-order valence-corrected chi connectivity index (χ0v) is 9.47. The van der Waals surface area contributed by atoms with Gasteiger partial charge in [0.2, 0.25) is 5.91 Å². The van der Waals surface area contributed by atoms with Crippen molar-refractivity contribution in [2.24, 2.45) is 0 Å². The van der Waals surface area contributed by atoms with E-state index < -0.39 is 21.0 Å². The predicted octanol–water partition coefficient (Wildman–Crippen LogP) is 1.31. The minimum absolute atomic E-state index is 0.105. The number of hydrogen-bond acceptors (Lipinski definition) is 4. The summed E-state index contributed by atoms with van der Waals surface area (Å²) >= 11 is 0. The molecule has 0 aliphatic rings. The third kappa shape index (κ3) is 2.93. The summed E-state index contributed by atoms with van der Waals surface area (Å²) in [5, 5.41) is 2.34. The molecule has 5 nitrogen and oxygen atoms in total. The van der Waals surface area contributed by atoms with Crippen LogP contribution in [0.25, 0.3) is 0 Å². The SMILES string of the molecule is COc1ccc(S(=O)(=O)F)cc1NC(C)=O. The number of ether oxygens (including phenoxy) is 1. The van der Waals surface area contributed by atoms with Gasteiger partial charge >= 0.3 is 10.2 Å². The molecular formula is C9H10FNO4S. The maximum Gasteiger partial charge on any atom is 0.332 e. The van der Waals surface area contributed by atoms with Gasteiger partial charge in [0.25, 0.3) is 0 Å². The molecule has 0 saturated carbocycles. The number of hydrogen-bond donors (Lipinski definition) is 1. The van der Waals surface area contributed by atoms with Crippen LogP contribution in [0.15, 0.2) is 23.1 Å². The summed E-state index contributed by atoms with van der Waals surface area (Å²) in [6.07, 6.45) is 0.